The molecule has 0 fully saturated rings. The van der Waals surface area contributed by atoms with Crippen molar-refractivity contribution in [2.24, 2.45) is 0 Å². The summed E-state index contributed by atoms with van der Waals surface area (Å²) < 4.78 is 5.26. The van der Waals surface area contributed by atoms with E-state index in [0.717, 1.165) is 0 Å². The first kappa shape index (κ1) is 10.3. The SMILES string of the molecule is C#CC(=O)Cc1cc(OCC)ccn1. The van der Waals surface area contributed by atoms with E-state index >= 15 is 0 Å². The molecule has 0 saturated heterocycles. The van der Waals surface area contributed by atoms with E-state index in [1.54, 1.807) is 18.3 Å². The molecule has 0 spiro atoms. The van der Waals surface area contributed by atoms with Gasteiger partial charge in [-0.15, -0.1) is 6.42 Å². The highest BCUT2D eigenvalue weighted by atomic mass is 16.5. The van der Waals surface area contributed by atoms with Crippen molar-refractivity contribution in [3.8, 4) is 18.1 Å². The number of Topliss-reactive ketones (excluding diaryl/α,β-unsaturated/α-hetero) is 1. The third kappa shape index (κ3) is 2.91. The zero-order chi connectivity index (χ0) is 10.4. The van der Waals surface area contributed by atoms with Crippen molar-refractivity contribution < 1.29 is 9.53 Å². The predicted molar refractivity (Wildman–Crippen MR) is 53.0 cm³/mol. The standard InChI is InChI=1S/C11H11NO2/c1-3-10(13)7-9-8-11(14-4-2)5-6-12-9/h1,5-6,8H,4,7H2,2H3. The van der Waals surface area contributed by atoms with E-state index in [1.807, 2.05) is 12.8 Å². The maximum Gasteiger partial charge on any atom is 0.211 e. The van der Waals surface area contributed by atoms with Gasteiger partial charge in [-0.05, 0) is 18.9 Å². The lowest BCUT2D eigenvalue weighted by Crippen LogP contribution is -2.01. The molecular formula is C11H11NO2. The van der Waals surface area contributed by atoms with Gasteiger partial charge in [0.15, 0.2) is 0 Å². The second kappa shape index (κ2) is 5.03. The lowest BCUT2D eigenvalue weighted by molar-refractivity contribution is -0.113. The number of pyridine rings is 1. The molecule has 0 aliphatic heterocycles. The third-order valence-corrected chi connectivity index (χ3v) is 1.60. The van der Waals surface area contributed by atoms with Crippen LogP contribution in [0.15, 0.2) is 18.3 Å². The first-order valence-electron chi connectivity index (χ1n) is 4.33. The van der Waals surface area contributed by atoms with Crippen molar-refractivity contribution in [1.29, 1.82) is 0 Å². The number of hydrogen-bond donors (Lipinski definition) is 0. The number of ether oxygens (including phenoxy) is 1. The predicted octanol–water partition coefficient (Wildman–Crippen LogP) is 1.23. The van der Waals surface area contributed by atoms with E-state index in [2.05, 4.69) is 4.98 Å². The Kier molecular flexibility index (Phi) is 3.69. The molecule has 0 radical (unpaired) electrons. The van der Waals surface area contributed by atoms with Crippen molar-refractivity contribution in [2.75, 3.05) is 6.61 Å². The molecule has 3 nitrogen and oxygen atoms in total. The molecular weight excluding hydrogens is 178 g/mol. The van der Waals surface area contributed by atoms with Crippen LogP contribution in [0.4, 0.5) is 0 Å². The van der Waals surface area contributed by atoms with Crippen LogP contribution in [0.25, 0.3) is 0 Å². The topological polar surface area (TPSA) is 39.2 Å². The Bertz CT molecular complexity index is 366. The van der Waals surface area contributed by atoms with E-state index in [9.17, 15) is 4.79 Å². The van der Waals surface area contributed by atoms with Crippen LogP contribution in [0.2, 0.25) is 0 Å². The number of rotatable bonds is 4. The summed E-state index contributed by atoms with van der Waals surface area (Å²) in [6.45, 7) is 2.49. The monoisotopic (exact) mass is 189 g/mol. The smallest absolute Gasteiger partial charge is 0.211 e. The summed E-state index contributed by atoms with van der Waals surface area (Å²) >= 11 is 0. The summed E-state index contributed by atoms with van der Waals surface area (Å²) in [4.78, 5) is 14.9. The zero-order valence-corrected chi connectivity index (χ0v) is 7.99. The average molecular weight is 189 g/mol. The van der Waals surface area contributed by atoms with Gasteiger partial charge >= 0.3 is 0 Å². The summed E-state index contributed by atoms with van der Waals surface area (Å²) in [7, 11) is 0. The van der Waals surface area contributed by atoms with Gasteiger partial charge in [0.1, 0.15) is 5.75 Å². The Morgan fingerprint density at radius 1 is 1.71 bits per heavy atom. The Hall–Kier alpha value is -1.82. The van der Waals surface area contributed by atoms with Crippen molar-refractivity contribution >= 4 is 5.78 Å². The normalized spacial score (nSPS) is 9.14. The fraction of sp³-hybridized carbons (Fsp3) is 0.273. The summed E-state index contributed by atoms with van der Waals surface area (Å²) in [5, 5.41) is 0. The number of carbonyl (C=O) groups excluding carboxylic acids is 1. The van der Waals surface area contributed by atoms with Gasteiger partial charge in [-0.3, -0.25) is 9.78 Å². The summed E-state index contributed by atoms with van der Waals surface area (Å²) in [6, 6.07) is 3.46. The van der Waals surface area contributed by atoms with Crippen LogP contribution in [0.1, 0.15) is 12.6 Å². The number of aromatic nitrogens is 1. The van der Waals surface area contributed by atoms with Crippen LogP contribution < -0.4 is 4.74 Å². The maximum absolute atomic E-state index is 10.9. The molecule has 0 unspecified atom stereocenters. The second-order valence-electron chi connectivity index (χ2n) is 2.66. The first-order valence-corrected chi connectivity index (χ1v) is 4.33. The molecule has 1 rings (SSSR count). The largest absolute Gasteiger partial charge is 0.494 e. The van der Waals surface area contributed by atoms with Gasteiger partial charge in [-0.25, -0.2) is 0 Å². The van der Waals surface area contributed by atoms with Crippen LogP contribution in [0.3, 0.4) is 0 Å². The highest BCUT2D eigenvalue weighted by Gasteiger charge is 2.02. The maximum atomic E-state index is 10.9. The number of carbonyl (C=O) groups is 1. The molecule has 0 atom stereocenters. The Balaban J connectivity index is 2.74. The molecule has 72 valence electrons. The molecule has 0 amide bonds. The molecule has 0 aromatic carbocycles. The van der Waals surface area contributed by atoms with Crippen LogP contribution in [0, 0.1) is 12.3 Å². The molecule has 1 heterocycles. The van der Waals surface area contributed by atoms with Crippen LogP contribution in [-0.4, -0.2) is 17.4 Å². The lowest BCUT2D eigenvalue weighted by atomic mass is 10.2. The second-order valence-corrected chi connectivity index (χ2v) is 2.66. The molecule has 1 aromatic rings. The molecule has 0 saturated carbocycles. The lowest BCUT2D eigenvalue weighted by Gasteiger charge is -2.03. The summed E-state index contributed by atoms with van der Waals surface area (Å²) in [5.41, 5.74) is 0.638. The Morgan fingerprint density at radius 3 is 3.14 bits per heavy atom. The van der Waals surface area contributed by atoms with Crippen molar-refractivity contribution in [1.82, 2.24) is 4.98 Å². The van der Waals surface area contributed by atoms with E-state index in [4.69, 9.17) is 11.2 Å². The van der Waals surface area contributed by atoms with Gasteiger partial charge in [0.2, 0.25) is 5.78 Å². The molecule has 0 aliphatic carbocycles. The molecule has 3 heteroatoms. The Morgan fingerprint density at radius 2 is 2.50 bits per heavy atom. The van der Waals surface area contributed by atoms with Crippen LogP contribution >= 0.6 is 0 Å². The fourth-order valence-electron chi connectivity index (χ4n) is 1.02. The highest BCUT2D eigenvalue weighted by Crippen LogP contribution is 2.11. The van der Waals surface area contributed by atoms with Crippen LogP contribution in [-0.2, 0) is 11.2 Å². The zero-order valence-electron chi connectivity index (χ0n) is 7.99. The molecule has 1 aromatic heterocycles. The number of nitrogens with zero attached hydrogens (tertiary/aromatic N) is 1. The van der Waals surface area contributed by atoms with Gasteiger partial charge in [-0.1, -0.05) is 0 Å². The molecule has 0 aliphatic rings. The van der Waals surface area contributed by atoms with Crippen molar-refractivity contribution in [3.05, 3.63) is 24.0 Å². The van der Waals surface area contributed by atoms with Gasteiger partial charge < -0.3 is 4.74 Å². The number of hydrogen-bond acceptors (Lipinski definition) is 3. The third-order valence-electron chi connectivity index (χ3n) is 1.60. The number of terminal acetylenes is 1. The Labute approximate surface area is 83.1 Å². The summed E-state index contributed by atoms with van der Waals surface area (Å²) in [5.74, 6) is 2.48. The molecule has 0 bridgehead atoms. The van der Waals surface area contributed by atoms with Crippen molar-refractivity contribution in [2.45, 2.75) is 13.3 Å². The van der Waals surface area contributed by atoms with Crippen LogP contribution in [0.5, 0.6) is 5.75 Å². The van der Waals surface area contributed by atoms with E-state index in [-0.39, 0.29) is 12.2 Å². The molecule has 0 N–H and O–H groups in total. The highest BCUT2D eigenvalue weighted by molar-refractivity contribution is 5.96. The minimum absolute atomic E-state index is 0.164. The van der Waals surface area contributed by atoms with Gasteiger partial charge in [0.05, 0.1) is 18.7 Å². The average Bonchev–Trinajstić information content (AvgIpc) is 2.19. The first-order chi connectivity index (χ1) is 6.76. The number of ketones is 1. The van der Waals surface area contributed by atoms with E-state index in [1.165, 1.54) is 0 Å². The quantitative estimate of drug-likeness (QED) is 0.528. The van der Waals surface area contributed by atoms with Gasteiger partial charge in [-0.2, -0.15) is 0 Å². The molecule has 14 heavy (non-hydrogen) atoms. The summed E-state index contributed by atoms with van der Waals surface area (Å²) in [6.07, 6.45) is 6.72. The minimum atomic E-state index is -0.272. The van der Waals surface area contributed by atoms with Gasteiger partial charge in [0.25, 0.3) is 0 Å². The fourth-order valence-corrected chi connectivity index (χ4v) is 1.02. The minimum Gasteiger partial charge on any atom is -0.494 e. The van der Waals surface area contributed by atoms with Gasteiger partial charge in [0, 0.05) is 12.3 Å². The van der Waals surface area contributed by atoms with E-state index in [0.29, 0.717) is 18.1 Å². The van der Waals surface area contributed by atoms with E-state index < -0.39 is 0 Å². The van der Waals surface area contributed by atoms with Crippen molar-refractivity contribution in [3.63, 3.8) is 0 Å².